The molecule has 44 heavy (non-hydrogen) atoms. The molecule has 0 aliphatic carbocycles. The highest BCUT2D eigenvalue weighted by Crippen LogP contribution is 2.42. The Morgan fingerprint density at radius 1 is 0.318 bits per heavy atom. The van der Waals surface area contributed by atoms with Crippen LogP contribution in [0.2, 0.25) is 0 Å². The van der Waals surface area contributed by atoms with Gasteiger partial charge in [-0.2, -0.15) is 0 Å². The maximum atomic E-state index is 5.20. The number of hydrogen-bond donors (Lipinski definition) is 0. The first-order valence-electron chi connectivity index (χ1n) is 14.8. The average molecular weight is 559 g/mol. The minimum Gasteiger partial charge on any atom is -0.254 e. The van der Waals surface area contributed by atoms with Crippen LogP contribution in [0.15, 0.2) is 134 Å². The molecule has 0 saturated heterocycles. The molecule has 4 aromatic heterocycles. The summed E-state index contributed by atoms with van der Waals surface area (Å²) in [5, 5.41) is 11.7. The summed E-state index contributed by atoms with van der Waals surface area (Å²) in [5.74, 6) is 0. The van der Waals surface area contributed by atoms with Gasteiger partial charge in [0.25, 0.3) is 0 Å². The monoisotopic (exact) mass is 558 g/mol. The van der Waals surface area contributed by atoms with Crippen molar-refractivity contribution < 1.29 is 0 Å². The molecule has 4 nitrogen and oxygen atoms in total. The lowest BCUT2D eigenvalue weighted by molar-refractivity contribution is 1.37. The van der Waals surface area contributed by atoms with Crippen molar-refractivity contribution in [2.45, 2.75) is 0 Å². The Balaban J connectivity index is 1.23. The molecule has 6 aromatic carbocycles. The molecule has 0 aliphatic rings. The van der Waals surface area contributed by atoms with Crippen LogP contribution in [0, 0.1) is 0 Å². The van der Waals surface area contributed by atoms with Crippen LogP contribution in [0.1, 0.15) is 0 Å². The van der Waals surface area contributed by atoms with Gasteiger partial charge in [0.15, 0.2) is 0 Å². The molecule has 0 bridgehead atoms. The van der Waals surface area contributed by atoms with E-state index in [1.54, 1.807) is 0 Å². The van der Waals surface area contributed by atoms with Crippen molar-refractivity contribution in [2.75, 3.05) is 0 Å². The molecule has 0 spiro atoms. The van der Waals surface area contributed by atoms with Gasteiger partial charge in [-0.3, -0.25) is 9.97 Å². The van der Waals surface area contributed by atoms with Gasteiger partial charge in [0.1, 0.15) is 0 Å². The lowest BCUT2D eigenvalue weighted by Crippen LogP contribution is -1.93. The van der Waals surface area contributed by atoms with Crippen LogP contribution in [0.3, 0.4) is 0 Å². The van der Waals surface area contributed by atoms with Crippen molar-refractivity contribution in [3.63, 3.8) is 0 Å². The molecule has 0 unspecified atom stereocenters. The summed E-state index contributed by atoms with van der Waals surface area (Å²) in [4.78, 5) is 19.7. The predicted octanol–water partition coefficient (Wildman–Crippen LogP) is 10.1. The Morgan fingerprint density at radius 2 is 0.705 bits per heavy atom. The Labute approximate surface area is 251 Å². The SMILES string of the molecule is c1cnc2c(c1)ccc1ccc(-c3ccc4ccc5c(-c6ccc7ccc8cccnc8c7n6)ccc6ccc3c4c65)nc12. The topological polar surface area (TPSA) is 51.6 Å². The van der Waals surface area contributed by atoms with E-state index in [4.69, 9.17) is 9.97 Å². The van der Waals surface area contributed by atoms with Gasteiger partial charge in [-0.05, 0) is 56.6 Å². The molecule has 4 heteroatoms. The Bertz CT molecular complexity index is 2590. The quantitative estimate of drug-likeness (QED) is 0.198. The summed E-state index contributed by atoms with van der Waals surface area (Å²) in [6.45, 7) is 0. The minimum atomic E-state index is 0.929. The van der Waals surface area contributed by atoms with Gasteiger partial charge < -0.3 is 0 Å². The molecule has 0 N–H and O–H groups in total. The van der Waals surface area contributed by atoms with Crippen molar-refractivity contribution in [1.82, 2.24) is 19.9 Å². The number of benzene rings is 6. The number of pyridine rings is 4. The summed E-state index contributed by atoms with van der Waals surface area (Å²) in [6.07, 6.45) is 3.68. The first-order chi connectivity index (χ1) is 21.8. The van der Waals surface area contributed by atoms with Crippen molar-refractivity contribution in [3.05, 3.63) is 134 Å². The van der Waals surface area contributed by atoms with Crippen molar-refractivity contribution in [1.29, 1.82) is 0 Å². The summed E-state index contributed by atoms with van der Waals surface area (Å²) >= 11 is 0. The summed E-state index contributed by atoms with van der Waals surface area (Å²) in [5.41, 5.74) is 7.85. The van der Waals surface area contributed by atoms with E-state index in [9.17, 15) is 0 Å². The zero-order valence-electron chi connectivity index (χ0n) is 23.5. The normalized spacial score (nSPS) is 12.1. The van der Waals surface area contributed by atoms with E-state index < -0.39 is 0 Å². The van der Waals surface area contributed by atoms with Gasteiger partial charge in [0.05, 0.1) is 33.5 Å². The number of nitrogens with zero attached hydrogens (tertiary/aromatic N) is 4. The fourth-order valence-electron chi connectivity index (χ4n) is 7.00. The average Bonchev–Trinajstić information content (AvgIpc) is 3.10. The third kappa shape index (κ3) is 3.28. The second kappa shape index (κ2) is 8.76. The maximum Gasteiger partial charge on any atom is 0.0972 e. The number of hydrogen-bond acceptors (Lipinski definition) is 4. The van der Waals surface area contributed by atoms with E-state index in [1.807, 2.05) is 24.5 Å². The first kappa shape index (κ1) is 23.6. The second-order valence-corrected chi connectivity index (χ2v) is 11.5. The van der Waals surface area contributed by atoms with Gasteiger partial charge in [-0.15, -0.1) is 0 Å². The van der Waals surface area contributed by atoms with Gasteiger partial charge >= 0.3 is 0 Å². The van der Waals surface area contributed by atoms with Crippen LogP contribution < -0.4 is 0 Å². The van der Waals surface area contributed by atoms with Crippen LogP contribution >= 0.6 is 0 Å². The largest absolute Gasteiger partial charge is 0.254 e. The van der Waals surface area contributed by atoms with E-state index in [2.05, 4.69) is 119 Å². The predicted molar refractivity (Wildman–Crippen MR) is 182 cm³/mol. The Morgan fingerprint density at radius 3 is 1.18 bits per heavy atom. The molecule has 10 aromatic rings. The van der Waals surface area contributed by atoms with Gasteiger partial charge in [0, 0.05) is 45.1 Å². The fraction of sp³-hybridized carbons (Fsp3) is 0. The highest BCUT2D eigenvalue weighted by molar-refractivity contribution is 6.27. The number of rotatable bonds is 2. The Hall–Kier alpha value is -6.00. The Kier molecular flexibility index (Phi) is 4.69. The maximum absolute atomic E-state index is 5.20. The molecule has 10 rings (SSSR count). The molecule has 0 radical (unpaired) electrons. The zero-order chi connectivity index (χ0) is 28.8. The lowest BCUT2D eigenvalue weighted by atomic mass is 9.88. The summed E-state index contributed by atoms with van der Waals surface area (Å²) in [7, 11) is 0. The number of fused-ring (bicyclic) bond motifs is 6. The third-order valence-corrected chi connectivity index (χ3v) is 9.08. The van der Waals surface area contributed by atoms with E-state index in [-0.39, 0.29) is 0 Å². The van der Waals surface area contributed by atoms with Crippen LogP contribution in [-0.2, 0) is 0 Å². The molecular weight excluding hydrogens is 536 g/mol. The molecule has 0 atom stereocenters. The van der Waals surface area contributed by atoms with Crippen LogP contribution in [0.25, 0.3) is 98.4 Å². The van der Waals surface area contributed by atoms with Gasteiger partial charge in [-0.1, -0.05) is 97.1 Å². The minimum absolute atomic E-state index is 0.929. The van der Waals surface area contributed by atoms with E-state index in [1.165, 1.54) is 32.3 Å². The number of aromatic nitrogens is 4. The van der Waals surface area contributed by atoms with Gasteiger partial charge in [0.2, 0.25) is 0 Å². The first-order valence-corrected chi connectivity index (χ1v) is 14.8. The van der Waals surface area contributed by atoms with E-state index >= 15 is 0 Å². The zero-order valence-corrected chi connectivity index (χ0v) is 23.5. The van der Waals surface area contributed by atoms with Crippen LogP contribution in [0.5, 0.6) is 0 Å². The summed E-state index contributed by atoms with van der Waals surface area (Å²) < 4.78 is 0. The van der Waals surface area contributed by atoms with E-state index in [0.29, 0.717) is 0 Å². The van der Waals surface area contributed by atoms with Gasteiger partial charge in [-0.25, -0.2) is 9.97 Å². The third-order valence-electron chi connectivity index (χ3n) is 9.08. The fourth-order valence-corrected chi connectivity index (χ4v) is 7.00. The highest BCUT2D eigenvalue weighted by atomic mass is 14.8. The van der Waals surface area contributed by atoms with Crippen LogP contribution in [0.4, 0.5) is 0 Å². The highest BCUT2D eigenvalue weighted by Gasteiger charge is 2.17. The van der Waals surface area contributed by atoms with E-state index in [0.717, 1.165) is 66.1 Å². The molecule has 0 saturated carbocycles. The molecule has 0 amide bonds. The molecule has 4 heterocycles. The smallest absolute Gasteiger partial charge is 0.0972 e. The lowest BCUT2D eigenvalue weighted by Gasteiger charge is -2.16. The van der Waals surface area contributed by atoms with Crippen molar-refractivity contribution >= 4 is 75.9 Å². The molecular formula is C40H22N4. The second-order valence-electron chi connectivity index (χ2n) is 11.5. The van der Waals surface area contributed by atoms with Crippen LogP contribution in [-0.4, -0.2) is 19.9 Å². The molecule has 0 aliphatic heterocycles. The standard InChI is InChI=1S/C40H22N4/c1-3-25-5-7-27-13-19-33(43-39(27)37(25)41-21-1)29-15-9-23-12-18-32-30(16-10-24-11-17-31(29)35(23)36(24)32)34-20-14-28-8-6-26-4-2-22-42-38(26)40(28)44-34/h1-22H. The van der Waals surface area contributed by atoms with Crippen molar-refractivity contribution in [2.24, 2.45) is 0 Å². The summed E-state index contributed by atoms with van der Waals surface area (Å²) in [6, 6.07) is 43.0. The van der Waals surface area contributed by atoms with Crippen molar-refractivity contribution in [3.8, 4) is 22.5 Å². The molecule has 0 fully saturated rings. The molecule has 202 valence electrons.